The number of nitrogens with zero attached hydrogens (tertiary/aromatic N) is 4. The zero-order valence-electron chi connectivity index (χ0n) is 28.3. The molecule has 4 N–H and O–H groups in total. The molecule has 1 aromatic heterocycles. The van der Waals surface area contributed by atoms with Crippen LogP contribution in [-0.4, -0.2) is 88.7 Å². The lowest BCUT2D eigenvalue weighted by molar-refractivity contribution is -0.612. The van der Waals surface area contributed by atoms with Crippen LogP contribution in [0.5, 0.6) is 0 Å². The standard InChI is InChI=1S/C28H37BrN4O3.C6H10N2O4/c1-5-36-30-26(22-6-8-24(29)9-7-22)23-11-15-32(16-12-23)28(4)13-18-31(19-14-28)27(34)25-20(2)10-17-33(35)21(25)3;1-3(9)8-4(6(11)12)2-5(7)10/h6-10,17,23H,5,11-16,18-19H2,1-4H3;4H,2H2,1H3,(H2,7,10)(H,8,9)(H,11,12)/b30-26-;/t;4-/m.0/s1. The summed E-state index contributed by atoms with van der Waals surface area (Å²) in [7, 11) is 0. The third kappa shape index (κ3) is 10.2. The molecule has 0 saturated carbocycles. The van der Waals surface area contributed by atoms with Gasteiger partial charge in [0, 0.05) is 48.9 Å². The third-order valence-electron chi connectivity index (χ3n) is 9.05. The van der Waals surface area contributed by atoms with E-state index in [4.69, 9.17) is 15.7 Å². The normalized spacial score (nSPS) is 17.5. The van der Waals surface area contributed by atoms with Gasteiger partial charge in [-0.05, 0) is 82.8 Å². The zero-order chi connectivity index (χ0) is 35.6. The van der Waals surface area contributed by atoms with Gasteiger partial charge in [0.15, 0.2) is 6.20 Å². The molecule has 0 radical (unpaired) electrons. The number of aromatic nitrogens is 1. The molecule has 14 heteroatoms. The number of nitrogens with two attached hydrogens (primary N) is 1. The molecule has 2 aliphatic rings. The van der Waals surface area contributed by atoms with Crippen molar-refractivity contribution in [1.29, 1.82) is 0 Å². The molecular weight excluding hydrogens is 684 g/mol. The number of carboxylic acids is 1. The molecule has 1 atom stereocenters. The van der Waals surface area contributed by atoms with Crippen molar-refractivity contribution in [1.82, 2.24) is 15.1 Å². The first-order chi connectivity index (χ1) is 22.7. The lowest BCUT2D eigenvalue weighted by atomic mass is 9.82. The number of carboxylic acid groups (broad SMARTS) is 1. The van der Waals surface area contributed by atoms with Gasteiger partial charge in [-0.1, -0.05) is 33.2 Å². The molecule has 48 heavy (non-hydrogen) atoms. The van der Waals surface area contributed by atoms with Crippen molar-refractivity contribution >= 4 is 45.3 Å². The summed E-state index contributed by atoms with van der Waals surface area (Å²) in [6, 6.07) is 8.82. The molecule has 3 amide bonds. The van der Waals surface area contributed by atoms with Gasteiger partial charge in [-0.3, -0.25) is 19.3 Å². The molecule has 2 aliphatic heterocycles. The number of oxime groups is 1. The monoisotopic (exact) mass is 730 g/mol. The number of aliphatic carboxylic acids is 1. The molecule has 0 spiro atoms. The lowest BCUT2D eigenvalue weighted by Gasteiger charge is -2.49. The molecule has 3 heterocycles. The maximum Gasteiger partial charge on any atom is 0.326 e. The highest BCUT2D eigenvalue weighted by Gasteiger charge is 2.40. The van der Waals surface area contributed by atoms with E-state index in [-0.39, 0.29) is 11.4 Å². The van der Waals surface area contributed by atoms with Gasteiger partial charge in [0.2, 0.25) is 17.5 Å². The summed E-state index contributed by atoms with van der Waals surface area (Å²) >= 11 is 3.52. The van der Waals surface area contributed by atoms with Crippen molar-refractivity contribution < 1.29 is 33.9 Å². The van der Waals surface area contributed by atoms with Crippen LogP contribution in [0.4, 0.5) is 0 Å². The summed E-state index contributed by atoms with van der Waals surface area (Å²) in [6.45, 7) is 13.1. The van der Waals surface area contributed by atoms with Crippen LogP contribution in [0.25, 0.3) is 0 Å². The third-order valence-corrected chi connectivity index (χ3v) is 9.57. The van der Waals surface area contributed by atoms with Crippen LogP contribution in [0.1, 0.15) is 80.1 Å². The largest absolute Gasteiger partial charge is 0.618 e. The number of rotatable bonds is 10. The number of carbonyl (C=O) groups is 4. The van der Waals surface area contributed by atoms with E-state index < -0.39 is 30.2 Å². The molecule has 2 fully saturated rings. The van der Waals surface area contributed by atoms with Gasteiger partial charge in [-0.15, -0.1) is 0 Å². The Morgan fingerprint density at radius 1 is 1.12 bits per heavy atom. The van der Waals surface area contributed by atoms with Crippen molar-refractivity contribution in [2.45, 2.75) is 78.3 Å². The Morgan fingerprint density at radius 2 is 1.73 bits per heavy atom. The predicted octanol–water partition coefficient (Wildman–Crippen LogP) is 3.30. The Hall–Kier alpha value is -4.04. The average molecular weight is 732 g/mol. The van der Waals surface area contributed by atoms with E-state index in [1.54, 1.807) is 13.0 Å². The number of piperidine rings is 2. The highest BCUT2D eigenvalue weighted by molar-refractivity contribution is 9.10. The number of benzene rings is 1. The van der Waals surface area contributed by atoms with Crippen LogP contribution in [0.2, 0.25) is 0 Å². The second-order valence-electron chi connectivity index (χ2n) is 12.5. The molecule has 0 aliphatic carbocycles. The highest BCUT2D eigenvalue weighted by Crippen LogP contribution is 2.34. The SMILES string of the molecule is CC(=O)N[C@@H](CC(N)=O)C(=O)O.CCO/N=C(/c1ccc(Br)cc1)C1CCN(C2(C)CCN(C(=O)c3c(C)cc[n+]([O-])c3C)CC2)CC1. The van der Waals surface area contributed by atoms with Crippen LogP contribution in [0.15, 0.2) is 46.2 Å². The number of hydrogen-bond donors (Lipinski definition) is 3. The average Bonchev–Trinajstić information content (AvgIpc) is 3.04. The number of amides is 3. The van der Waals surface area contributed by atoms with Crippen molar-refractivity contribution in [3.05, 3.63) is 68.6 Å². The zero-order valence-corrected chi connectivity index (χ0v) is 29.9. The topological polar surface area (TPSA) is 182 Å². The highest BCUT2D eigenvalue weighted by atomic mass is 79.9. The summed E-state index contributed by atoms with van der Waals surface area (Å²) in [6.07, 6.45) is 5.00. The Balaban J connectivity index is 0.000000444. The number of carbonyl (C=O) groups excluding carboxylic acids is 3. The number of hydrogen-bond acceptors (Lipinski definition) is 8. The van der Waals surface area contributed by atoms with Crippen molar-refractivity contribution in [2.24, 2.45) is 16.8 Å². The predicted molar refractivity (Wildman–Crippen MR) is 184 cm³/mol. The van der Waals surface area contributed by atoms with E-state index >= 15 is 0 Å². The first-order valence-electron chi connectivity index (χ1n) is 16.1. The van der Waals surface area contributed by atoms with Gasteiger partial charge in [0.1, 0.15) is 18.2 Å². The van der Waals surface area contributed by atoms with Crippen LogP contribution in [0, 0.1) is 25.0 Å². The molecule has 4 rings (SSSR count). The summed E-state index contributed by atoms with van der Waals surface area (Å²) in [5.41, 5.74) is 8.86. The number of likely N-dealkylation sites (tertiary alicyclic amines) is 2. The van der Waals surface area contributed by atoms with Crippen molar-refractivity contribution in [3.8, 4) is 0 Å². The van der Waals surface area contributed by atoms with E-state index in [0.717, 1.165) is 71.7 Å². The Bertz CT molecular complexity index is 1470. The fraction of sp³-hybridized carbons (Fsp3) is 0.529. The fourth-order valence-electron chi connectivity index (χ4n) is 6.22. The number of pyridine rings is 1. The van der Waals surface area contributed by atoms with Gasteiger partial charge in [-0.2, -0.15) is 4.73 Å². The number of nitrogens with one attached hydrogen (secondary N) is 1. The second-order valence-corrected chi connectivity index (χ2v) is 13.4. The van der Waals surface area contributed by atoms with Crippen LogP contribution < -0.4 is 15.8 Å². The van der Waals surface area contributed by atoms with Gasteiger partial charge >= 0.3 is 5.97 Å². The Kier molecular flexibility index (Phi) is 13.9. The molecular formula is C34H47BrN6O7. The smallest absolute Gasteiger partial charge is 0.326 e. The van der Waals surface area contributed by atoms with E-state index in [1.165, 1.54) is 6.20 Å². The van der Waals surface area contributed by atoms with E-state index in [0.29, 0.717) is 36.9 Å². The van der Waals surface area contributed by atoms with Gasteiger partial charge in [0.05, 0.1) is 12.1 Å². The Morgan fingerprint density at radius 3 is 2.25 bits per heavy atom. The summed E-state index contributed by atoms with van der Waals surface area (Å²) < 4.78 is 1.84. The van der Waals surface area contributed by atoms with Crippen LogP contribution in [-0.2, 0) is 19.2 Å². The molecule has 0 bridgehead atoms. The minimum Gasteiger partial charge on any atom is -0.618 e. The first-order valence-corrected chi connectivity index (χ1v) is 16.9. The summed E-state index contributed by atoms with van der Waals surface area (Å²) in [5, 5.41) is 27.1. The minimum absolute atomic E-state index is 0.0257. The first kappa shape index (κ1) is 38.4. The fourth-order valence-corrected chi connectivity index (χ4v) is 6.48. The van der Waals surface area contributed by atoms with E-state index in [1.807, 2.05) is 18.7 Å². The number of aryl methyl sites for hydroxylation is 1. The lowest BCUT2D eigenvalue weighted by Crippen LogP contribution is -2.57. The minimum atomic E-state index is -1.27. The van der Waals surface area contributed by atoms with Gasteiger partial charge in [-0.25, -0.2) is 4.79 Å². The molecule has 13 nitrogen and oxygen atoms in total. The van der Waals surface area contributed by atoms with Crippen molar-refractivity contribution in [2.75, 3.05) is 32.8 Å². The molecule has 2 aromatic rings. The summed E-state index contributed by atoms with van der Waals surface area (Å²) in [5.74, 6) is -2.21. The molecule has 262 valence electrons. The van der Waals surface area contributed by atoms with Crippen molar-refractivity contribution in [3.63, 3.8) is 0 Å². The second kappa shape index (κ2) is 17.4. The maximum atomic E-state index is 13.3. The van der Waals surface area contributed by atoms with E-state index in [2.05, 4.69) is 62.5 Å². The van der Waals surface area contributed by atoms with Gasteiger partial charge in [0.25, 0.3) is 5.91 Å². The van der Waals surface area contributed by atoms with Gasteiger partial charge < -0.3 is 31.1 Å². The van der Waals surface area contributed by atoms with E-state index in [9.17, 15) is 24.4 Å². The maximum absolute atomic E-state index is 13.3. The number of halogens is 1. The van der Waals surface area contributed by atoms with Crippen LogP contribution in [0.3, 0.4) is 0 Å². The molecule has 1 aromatic carbocycles. The Labute approximate surface area is 290 Å². The quantitative estimate of drug-likeness (QED) is 0.144. The van der Waals surface area contributed by atoms with Crippen LogP contribution >= 0.6 is 15.9 Å². The molecule has 0 unspecified atom stereocenters. The number of primary amides is 1. The summed E-state index contributed by atoms with van der Waals surface area (Å²) in [4.78, 5) is 54.4. The molecule has 2 saturated heterocycles.